The zero-order valence-corrected chi connectivity index (χ0v) is 29.6. The molecule has 1 saturated heterocycles. The molecule has 6 nitrogen and oxygen atoms in total. The molecule has 4 rings (SSSR count). The lowest BCUT2D eigenvalue weighted by Gasteiger charge is -2.43. The Bertz CT molecular complexity index is 1360. The molecule has 0 aromatic heterocycles. The maximum atomic E-state index is 14.6. The van der Waals surface area contributed by atoms with Gasteiger partial charge in [-0.25, -0.2) is 0 Å². The second-order valence-electron chi connectivity index (χ2n) is 10.5. The smallest absolute Gasteiger partial charge is 0.239 e. The summed E-state index contributed by atoms with van der Waals surface area (Å²) in [6.07, 6.45) is 0.352. The Morgan fingerprint density at radius 1 is 0.800 bits per heavy atom. The third-order valence-corrected chi connectivity index (χ3v) is 11.8. The summed E-state index contributed by atoms with van der Waals surface area (Å²) in [4.78, 5) is 30.2. The first-order valence-electron chi connectivity index (χ1n) is 14.1. The highest BCUT2D eigenvalue weighted by Gasteiger charge is 2.46. The lowest BCUT2D eigenvalue weighted by molar-refractivity contribution is -0.141. The van der Waals surface area contributed by atoms with Crippen molar-refractivity contribution in [2.24, 2.45) is 17.6 Å². The SMILES string of the molecule is Cl.NC(Cc1ccccc1)C(=O)N1CC(C(SCCO)c2ccc(Cl)c(Cl)c2)C(=O)C(C(SCCO)c2ccc(Cl)c(Cl)c2)C1. The van der Waals surface area contributed by atoms with Crippen LogP contribution in [-0.2, 0) is 16.0 Å². The predicted molar refractivity (Wildman–Crippen MR) is 191 cm³/mol. The van der Waals surface area contributed by atoms with Crippen molar-refractivity contribution in [2.45, 2.75) is 23.0 Å². The number of likely N-dealkylation sites (tertiary alicyclic amines) is 1. The molecule has 1 aliphatic heterocycles. The molecule has 0 spiro atoms. The molecule has 1 amide bonds. The van der Waals surface area contributed by atoms with Gasteiger partial charge < -0.3 is 20.8 Å². The molecule has 3 aromatic rings. The first kappa shape index (κ1) is 38.3. The molecule has 4 N–H and O–H groups in total. The Morgan fingerprint density at radius 3 is 1.69 bits per heavy atom. The number of carbonyl (C=O) groups is 2. The van der Waals surface area contributed by atoms with Crippen molar-refractivity contribution < 1.29 is 19.8 Å². The molecule has 0 radical (unpaired) electrons. The van der Waals surface area contributed by atoms with Crippen LogP contribution >= 0.6 is 82.3 Å². The summed E-state index contributed by atoms with van der Waals surface area (Å²) < 4.78 is 0. The van der Waals surface area contributed by atoms with Crippen molar-refractivity contribution in [1.82, 2.24) is 4.90 Å². The summed E-state index contributed by atoms with van der Waals surface area (Å²) in [5, 5.41) is 20.1. The van der Waals surface area contributed by atoms with Gasteiger partial charge in [-0.2, -0.15) is 23.5 Å². The van der Waals surface area contributed by atoms with Crippen molar-refractivity contribution in [3.63, 3.8) is 0 Å². The van der Waals surface area contributed by atoms with E-state index in [-0.39, 0.29) is 50.4 Å². The molecule has 0 bridgehead atoms. The van der Waals surface area contributed by atoms with Crippen LogP contribution in [0.2, 0.25) is 20.1 Å². The van der Waals surface area contributed by atoms with Gasteiger partial charge in [0.25, 0.3) is 0 Å². The fourth-order valence-electron chi connectivity index (χ4n) is 5.49. The van der Waals surface area contributed by atoms with Gasteiger partial charge in [-0.1, -0.05) is 88.9 Å². The molecule has 5 atom stereocenters. The molecule has 5 unspecified atom stereocenters. The number of halogens is 5. The van der Waals surface area contributed by atoms with Gasteiger partial charge in [0.2, 0.25) is 5.91 Å². The highest BCUT2D eigenvalue weighted by atomic mass is 35.5. The lowest BCUT2D eigenvalue weighted by atomic mass is 9.80. The Balaban J connectivity index is 0.00000552. The van der Waals surface area contributed by atoms with Gasteiger partial charge in [0.15, 0.2) is 0 Å². The van der Waals surface area contributed by atoms with E-state index in [9.17, 15) is 19.8 Å². The normalized spacial score (nSPS) is 18.6. The maximum Gasteiger partial charge on any atom is 0.239 e. The van der Waals surface area contributed by atoms with Gasteiger partial charge in [0, 0.05) is 35.1 Å². The second-order valence-corrected chi connectivity index (χ2v) is 14.7. The summed E-state index contributed by atoms with van der Waals surface area (Å²) in [5.41, 5.74) is 8.98. The molecule has 1 fully saturated rings. The van der Waals surface area contributed by atoms with E-state index in [0.29, 0.717) is 38.0 Å². The van der Waals surface area contributed by atoms with Crippen LogP contribution in [0, 0.1) is 11.8 Å². The van der Waals surface area contributed by atoms with E-state index in [1.807, 2.05) is 42.5 Å². The molecular weight excluding hydrogens is 718 g/mol. The minimum absolute atomic E-state index is 0. The molecule has 1 heterocycles. The van der Waals surface area contributed by atoms with Crippen molar-refractivity contribution in [2.75, 3.05) is 37.8 Å². The van der Waals surface area contributed by atoms with Crippen LogP contribution in [0.15, 0.2) is 66.7 Å². The first-order valence-corrected chi connectivity index (χ1v) is 17.7. The number of aliphatic hydroxyl groups is 2. The zero-order valence-electron chi connectivity index (χ0n) is 24.2. The average Bonchev–Trinajstić information content (AvgIpc) is 3.02. The second kappa shape index (κ2) is 18.4. The van der Waals surface area contributed by atoms with E-state index in [1.165, 1.54) is 23.5 Å². The molecule has 13 heteroatoms. The van der Waals surface area contributed by atoms with Crippen LogP contribution < -0.4 is 5.73 Å². The number of hydrogen-bond donors (Lipinski definition) is 3. The minimum atomic E-state index is -0.811. The fourth-order valence-corrected chi connectivity index (χ4v) is 8.41. The van der Waals surface area contributed by atoms with E-state index >= 15 is 0 Å². The summed E-state index contributed by atoms with van der Waals surface area (Å²) in [6, 6.07) is 19.2. The predicted octanol–water partition coefficient (Wildman–Crippen LogP) is 7.17. The van der Waals surface area contributed by atoms with Crippen molar-refractivity contribution in [3.8, 4) is 0 Å². The highest BCUT2D eigenvalue weighted by Crippen LogP contribution is 2.47. The third kappa shape index (κ3) is 9.92. The molecule has 244 valence electrons. The number of aliphatic hydroxyl groups excluding tert-OH is 2. The Hall–Kier alpha value is -1.17. The molecule has 0 saturated carbocycles. The van der Waals surface area contributed by atoms with Crippen molar-refractivity contribution in [3.05, 3.63) is 104 Å². The summed E-state index contributed by atoms with van der Waals surface area (Å²) in [7, 11) is 0. The van der Waals surface area contributed by atoms with Gasteiger partial charge >= 0.3 is 0 Å². The average molecular weight is 753 g/mol. The molecular formula is C32H35Cl5N2O4S2. The van der Waals surface area contributed by atoms with Gasteiger partial charge in [-0.05, 0) is 47.4 Å². The van der Waals surface area contributed by atoms with E-state index < -0.39 is 28.4 Å². The number of rotatable bonds is 13. The van der Waals surface area contributed by atoms with Crippen LogP contribution in [0.4, 0.5) is 0 Å². The molecule has 3 aromatic carbocycles. The largest absolute Gasteiger partial charge is 0.396 e. The van der Waals surface area contributed by atoms with E-state index in [4.69, 9.17) is 52.1 Å². The summed E-state index contributed by atoms with van der Waals surface area (Å²) in [5.74, 6) is -0.830. The first-order chi connectivity index (χ1) is 21.1. The monoisotopic (exact) mass is 750 g/mol. The van der Waals surface area contributed by atoms with Crippen molar-refractivity contribution in [1.29, 1.82) is 0 Å². The van der Waals surface area contributed by atoms with Gasteiger partial charge in [-0.15, -0.1) is 12.4 Å². The Kier molecular flexibility index (Phi) is 15.6. The number of Topliss-reactive ketones (excluding diaryl/α,β-unsaturated/α-hetero) is 1. The van der Waals surface area contributed by atoms with Crippen LogP contribution in [0.5, 0.6) is 0 Å². The maximum absolute atomic E-state index is 14.6. The third-order valence-electron chi connectivity index (χ3n) is 7.55. The number of nitrogens with zero attached hydrogens (tertiary/aromatic N) is 1. The van der Waals surface area contributed by atoms with Gasteiger partial charge in [0.1, 0.15) is 5.78 Å². The molecule has 45 heavy (non-hydrogen) atoms. The standard InChI is InChI=1S/C32H34Cl4N2O4S2.ClH/c33-24-8-6-20(15-26(24)35)30(43-12-10-39)22-17-38(32(42)28(37)14-19-4-2-1-3-5-19)18-23(29(22)41)31(44-13-11-40)21-7-9-25(34)27(36)16-21;/h1-9,15-16,22-23,28,30-31,39-40H,10-14,17-18,37H2;1H. The van der Waals surface area contributed by atoms with Crippen LogP contribution in [0.1, 0.15) is 27.2 Å². The molecule has 1 aliphatic rings. The van der Waals surface area contributed by atoms with Crippen LogP contribution in [0.25, 0.3) is 0 Å². The topological polar surface area (TPSA) is 104 Å². The number of nitrogens with two attached hydrogens (primary N) is 1. The Labute approximate surface area is 298 Å². The molecule has 0 aliphatic carbocycles. The van der Waals surface area contributed by atoms with E-state index in [1.54, 1.807) is 29.2 Å². The van der Waals surface area contributed by atoms with Crippen LogP contribution in [0.3, 0.4) is 0 Å². The number of amides is 1. The Morgan fingerprint density at radius 2 is 1.27 bits per heavy atom. The van der Waals surface area contributed by atoms with E-state index in [0.717, 1.165) is 16.7 Å². The highest BCUT2D eigenvalue weighted by molar-refractivity contribution is 7.99. The number of piperidine rings is 1. The summed E-state index contributed by atoms with van der Waals surface area (Å²) in [6.45, 7) is 0.128. The number of ketones is 1. The fraction of sp³-hybridized carbons (Fsp3) is 0.375. The lowest BCUT2D eigenvalue weighted by Crippen LogP contribution is -2.55. The number of carbonyl (C=O) groups excluding carboxylic acids is 2. The number of thioether (sulfide) groups is 2. The number of benzene rings is 3. The van der Waals surface area contributed by atoms with Crippen molar-refractivity contribution >= 4 is 94.0 Å². The minimum Gasteiger partial charge on any atom is -0.396 e. The van der Waals surface area contributed by atoms with Gasteiger partial charge in [-0.3, -0.25) is 9.59 Å². The van der Waals surface area contributed by atoms with Gasteiger partial charge in [0.05, 0.1) is 51.2 Å². The van der Waals surface area contributed by atoms with E-state index in [2.05, 4.69) is 0 Å². The number of hydrogen-bond acceptors (Lipinski definition) is 7. The quantitative estimate of drug-likeness (QED) is 0.170. The summed E-state index contributed by atoms with van der Waals surface area (Å²) >= 11 is 28.1. The van der Waals surface area contributed by atoms with Crippen LogP contribution in [-0.4, -0.2) is 70.7 Å². The zero-order chi connectivity index (χ0) is 31.8.